The first-order valence-corrected chi connectivity index (χ1v) is 6.91. The molecule has 0 unspecified atom stereocenters. The Hall–Kier alpha value is -2.10. The van der Waals surface area contributed by atoms with Crippen LogP contribution in [-0.4, -0.2) is 22.2 Å². The van der Waals surface area contributed by atoms with Crippen molar-refractivity contribution in [1.29, 1.82) is 0 Å². The van der Waals surface area contributed by atoms with Gasteiger partial charge in [-0.05, 0) is 31.5 Å². The van der Waals surface area contributed by atoms with Gasteiger partial charge in [-0.25, -0.2) is 0 Å². The maximum Gasteiger partial charge on any atom is 0.168 e. The monoisotopic (exact) mass is 272 g/mol. The number of ketones is 1. The lowest BCUT2D eigenvalue weighted by molar-refractivity contribution is 0.0990. The SMILES string of the molecule is CCOc1cccc(C(=O)Cc2cc(CC)nn2C)c1. The van der Waals surface area contributed by atoms with Gasteiger partial charge in [-0.3, -0.25) is 9.48 Å². The van der Waals surface area contributed by atoms with Crippen molar-refractivity contribution in [3.8, 4) is 5.75 Å². The van der Waals surface area contributed by atoms with E-state index in [2.05, 4.69) is 12.0 Å². The molecule has 0 saturated heterocycles. The molecule has 4 heteroatoms. The third kappa shape index (κ3) is 3.26. The molecule has 0 amide bonds. The number of benzene rings is 1. The minimum atomic E-state index is 0.0807. The van der Waals surface area contributed by atoms with E-state index in [0.29, 0.717) is 18.6 Å². The van der Waals surface area contributed by atoms with Gasteiger partial charge in [-0.15, -0.1) is 0 Å². The highest BCUT2D eigenvalue weighted by Gasteiger charge is 2.12. The number of carbonyl (C=O) groups excluding carboxylic acids is 1. The van der Waals surface area contributed by atoms with E-state index in [4.69, 9.17) is 4.74 Å². The zero-order valence-electron chi connectivity index (χ0n) is 12.2. The predicted molar refractivity (Wildman–Crippen MR) is 78.2 cm³/mol. The van der Waals surface area contributed by atoms with E-state index in [9.17, 15) is 4.79 Å². The van der Waals surface area contributed by atoms with Crippen molar-refractivity contribution in [1.82, 2.24) is 9.78 Å². The molecule has 4 nitrogen and oxygen atoms in total. The predicted octanol–water partition coefficient (Wildman–Crippen LogP) is 2.81. The van der Waals surface area contributed by atoms with Gasteiger partial charge in [0.25, 0.3) is 0 Å². The normalized spacial score (nSPS) is 10.6. The fourth-order valence-electron chi connectivity index (χ4n) is 2.10. The number of Topliss-reactive ketones (excluding diaryl/α,β-unsaturated/α-hetero) is 1. The quantitative estimate of drug-likeness (QED) is 0.759. The number of aromatic nitrogens is 2. The number of hydrogen-bond acceptors (Lipinski definition) is 3. The van der Waals surface area contributed by atoms with E-state index in [1.54, 1.807) is 10.7 Å². The van der Waals surface area contributed by atoms with Crippen LogP contribution in [0.25, 0.3) is 0 Å². The van der Waals surface area contributed by atoms with E-state index in [1.165, 1.54) is 0 Å². The Morgan fingerprint density at radius 2 is 2.10 bits per heavy atom. The molecule has 20 heavy (non-hydrogen) atoms. The lowest BCUT2D eigenvalue weighted by Gasteiger charge is -2.05. The van der Waals surface area contributed by atoms with Gasteiger partial charge < -0.3 is 4.74 Å². The van der Waals surface area contributed by atoms with E-state index in [1.807, 2.05) is 38.2 Å². The standard InChI is InChI=1S/C16H20N2O2/c1-4-13-10-14(18(3)17-13)11-16(19)12-7-6-8-15(9-12)20-5-2/h6-10H,4-5,11H2,1-3H3. The summed E-state index contributed by atoms with van der Waals surface area (Å²) in [7, 11) is 1.87. The Morgan fingerprint density at radius 1 is 1.30 bits per heavy atom. The van der Waals surface area contributed by atoms with Gasteiger partial charge in [0.05, 0.1) is 18.7 Å². The van der Waals surface area contributed by atoms with E-state index < -0.39 is 0 Å². The molecular formula is C16H20N2O2. The zero-order chi connectivity index (χ0) is 14.5. The minimum Gasteiger partial charge on any atom is -0.494 e. The minimum absolute atomic E-state index is 0.0807. The summed E-state index contributed by atoms with van der Waals surface area (Å²) in [5.41, 5.74) is 2.63. The van der Waals surface area contributed by atoms with Gasteiger partial charge in [-0.1, -0.05) is 19.1 Å². The summed E-state index contributed by atoms with van der Waals surface area (Å²) in [5, 5.41) is 4.36. The summed E-state index contributed by atoms with van der Waals surface area (Å²) in [6, 6.07) is 9.31. The number of aryl methyl sites for hydroxylation is 2. The average Bonchev–Trinajstić information content (AvgIpc) is 2.80. The maximum absolute atomic E-state index is 12.3. The number of rotatable bonds is 6. The molecule has 0 aliphatic carbocycles. The Bertz CT molecular complexity index is 602. The summed E-state index contributed by atoms with van der Waals surface area (Å²) in [6.07, 6.45) is 1.24. The lowest BCUT2D eigenvalue weighted by Crippen LogP contribution is -2.08. The first-order valence-electron chi connectivity index (χ1n) is 6.91. The van der Waals surface area contributed by atoms with Crippen molar-refractivity contribution in [3.05, 3.63) is 47.3 Å². The Morgan fingerprint density at radius 3 is 2.75 bits per heavy atom. The average molecular weight is 272 g/mol. The fraction of sp³-hybridized carbons (Fsp3) is 0.375. The number of ether oxygens (including phenoxy) is 1. The maximum atomic E-state index is 12.3. The molecule has 2 aromatic rings. The molecule has 1 aromatic carbocycles. The summed E-state index contributed by atoms with van der Waals surface area (Å²) in [4.78, 5) is 12.3. The summed E-state index contributed by atoms with van der Waals surface area (Å²) in [5.74, 6) is 0.815. The molecule has 1 heterocycles. The number of carbonyl (C=O) groups is 1. The van der Waals surface area contributed by atoms with Gasteiger partial charge in [-0.2, -0.15) is 5.10 Å². The number of hydrogen-bond donors (Lipinski definition) is 0. The fourth-order valence-corrected chi connectivity index (χ4v) is 2.10. The first kappa shape index (κ1) is 14.3. The van der Waals surface area contributed by atoms with Crippen LogP contribution in [0.3, 0.4) is 0 Å². The zero-order valence-corrected chi connectivity index (χ0v) is 12.2. The third-order valence-electron chi connectivity index (χ3n) is 3.20. The highest BCUT2D eigenvalue weighted by atomic mass is 16.5. The van der Waals surface area contributed by atoms with Crippen LogP contribution in [0.2, 0.25) is 0 Å². The van der Waals surface area contributed by atoms with Crippen LogP contribution in [0, 0.1) is 0 Å². The molecule has 0 aliphatic rings. The molecule has 0 fully saturated rings. The Labute approximate surface area is 119 Å². The lowest BCUT2D eigenvalue weighted by atomic mass is 10.1. The van der Waals surface area contributed by atoms with Crippen molar-refractivity contribution >= 4 is 5.78 Å². The van der Waals surface area contributed by atoms with E-state index >= 15 is 0 Å². The van der Waals surface area contributed by atoms with E-state index in [-0.39, 0.29) is 5.78 Å². The van der Waals surface area contributed by atoms with Crippen molar-refractivity contribution < 1.29 is 9.53 Å². The largest absolute Gasteiger partial charge is 0.494 e. The van der Waals surface area contributed by atoms with Crippen LogP contribution in [-0.2, 0) is 19.9 Å². The van der Waals surface area contributed by atoms with Gasteiger partial charge in [0, 0.05) is 18.3 Å². The molecule has 0 bridgehead atoms. The molecule has 0 N–H and O–H groups in total. The molecule has 0 aliphatic heterocycles. The van der Waals surface area contributed by atoms with Gasteiger partial charge in [0.1, 0.15) is 5.75 Å². The smallest absolute Gasteiger partial charge is 0.168 e. The molecule has 0 radical (unpaired) electrons. The number of nitrogens with zero attached hydrogens (tertiary/aromatic N) is 2. The Kier molecular flexibility index (Phi) is 4.56. The van der Waals surface area contributed by atoms with Crippen LogP contribution in [0.1, 0.15) is 35.6 Å². The van der Waals surface area contributed by atoms with Gasteiger partial charge in [0.15, 0.2) is 5.78 Å². The second-order valence-corrected chi connectivity index (χ2v) is 4.66. The summed E-state index contributed by atoms with van der Waals surface area (Å²) < 4.78 is 7.20. The van der Waals surface area contributed by atoms with Crippen LogP contribution in [0.15, 0.2) is 30.3 Å². The van der Waals surface area contributed by atoms with Crippen LogP contribution >= 0.6 is 0 Å². The second-order valence-electron chi connectivity index (χ2n) is 4.66. The van der Waals surface area contributed by atoms with Crippen molar-refractivity contribution in [2.75, 3.05) is 6.61 Å². The van der Waals surface area contributed by atoms with Crippen LogP contribution < -0.4 is 4.74 Å². The molecule has 0 spiro atoms. The van der Waals surface area contributed by atoms with E-state index in [0.717, 1.165) is 23.6 Å². The second kappa shape index (κ2) is 6.37. The molecule has 1 aromatic heterocycles. The van der Waals surface area contributed by atoms with Gasteiger partial charge >= 0.3 is 0 Å². The highest BCUT2D eigenvalue weighted by molar-refractivity contribution is 5.97. The molecular weight excluding hydrogens is 252 g/mol. The third-order valence-corrected chi connectivity index (χ3v) is 3.20. The molecule has 0 atom stereocenters. The van der Waals surface area contributed by atoms with Gasteiger partial charge in [0.2, 0.25) is 0 Å². The van der Waals surface area contributed by atoms with Crippen molar-refractivity contribution in [2.45, 2.75) is 26.7 Å². The van der Waals surface area contributed by atoms with Crippen LogP contribution in [0.4, 0.5) is 0 Å². The molecule has 106 valence electrons. The Balaban J connectivity index is 2.14. The van der Waals surface area contributed by atoms with Crippen LogP contribution in [0.5, 0.6) is 5.75 Å². The summed E-state index contributed by atoms with van der Waals surface area (Å²) in [6.45, 7) is 4.58. The van der Waals surface area contributed by atoms with Crippen molar-refractivity contribution in [3.63, 3.8) is 0 Å². The molecule has 0 saturated carbocycles. The highest BCUT2D eigenvalue weighted by Crippen LogP contribution is 2.16. The molecule has 2 rings (SSSR count). The topological polar surface area (TPSA) is 44.1 Å². The summed E-state index contributed by atoms with van der Waals surface area (Å²) >= 11 is 0. The van der Waals surface area contributed by atoms with Crippen molar-refractivity contribution in [2.24, 2.45) is 7.05 Å². The first-order chi connectivity index (χ1) is 9.63.